The Bertz CT molecular complexity index is 946. The Hall–Kier alpha value is -3.42. The molecule has 0 saturated carbocycles. The predicted molar refractivity (Wildman–Crippen MR) is 125 cm³/mol. The van der Waals surface area contributed by atoms with E-state index in [2.05, 4.69) is 16.0 Å². The fourth-order valence-corrected chi connectivity index (χ4v) is 3.83. The van der Waals surface area contributed by atoms with Crippen molar-refractivity contribution >= 4 is 17.7 Å². The number of rotatable bonds is 7. The molecule has 0 saturated heterocycles. The van der Waals surface area contributed by atoms with E-state index in [1.807, 2.05) is 50.2 Å². The van der Waals surface area contributed by atoms with Crippen molar-refractivity contribution in [2.24, 2.45) is 0 Å². The number of carbonyl (C=O) groups is 2. The van der Waals surface area contributed by atoms with E-state index in [9.17, 15) is 9.59 Å². The van der Waals surface area contributed by atoms with Crippen molar-refractivity contribution in [1.82, 2.24) is 15.5 Å². The quantitative estimate of drug-likeness (QED) is 0.610. The number of fused-ring (bicyclic) bond motifs is 1. The lowest BCUT2D eigenvalue weighted by molar-refractivity contribution is 0.167. The van der Waals surface area contributed by atoms with Crippen molar-refractivity contribution in [1.29, 1.82) is 0 Å². The van der Waals surface area contributed by atoms with E-state index in [0.717, 1.165) is 23.1 Å². The zero-order chi connectivity index (χ0) is 23.1. The van der Waals surface area contributed by atoms with Gasteiger partial charge in [-0.25, -0.2) is 9.59 Å². The topological polar surface area (TPSA) is 91.9 Å². The second-order valence-electron chi connectivity index (χ2n) is 7.80. The maximum atomic E-state index is 12.9. The van der Waals surface area contributed by atoms with E-state index in [1.165, 1.54) is 0 Å². The van der Waals surface area contributed by atoms with Crippen molar-refractivity contribution in [2.45, 2.75) is 32.7 Å². The fraction of sp³-hybridized carbons (Fsp3) is 0.417. The van der Waals surface area contributed by atoms with E-state index < -0.39 is 0 Å². The normalized spacial score (nSPS) is 14.9. The van der Waals surface area contributed by atoms with Crippen LogP contribution in [0.25, 0.3) is 0 Å². The Balaban J connectivity index is 1.81. The van der Waals surface area contributed by atoms with Crippen molar-refractivity contribution in [3.63, 3.8) is 0 Å². The molecule has 1 aliphatic rings. The van der Waals surface area contributed by atoms with Crippen LogP contribution in [0.15, 0.2) is 36.4 Å². The highest BCUT2D eigenvalue weighted by Crippen LogP contribution is 2.38. The predicted octanol–water partition coefficient (Wildman–Crippen LogP) is 3.85. The Kier molecular flexibility index (Phi) is 7.81. The molecule has 172 valence electrons. The molecule has 1 atom stereocenters. The van der Waals surface area contributed by atoms with Crippen LogP contribution in [0.3, 0.4) is 0 Å². The Morgan fingerprint density at radius 2 is 1.75 bits per heavy atom. The third-order valence-corrected chi connectivity index (χ3v) is 5.56. The molecule has 8 heteroatoms. The van der Waals surface area contributed by atoms with Crippen LogP contribution in [-0.2, 0) is 6.42 Å². The van der Waals surface area contributed by atoms with Gasteiger partial charge in [-0.15, -0.1) is 0 Å². The number of carbonyl (C=O) groups excluding carboxylic acids is 2. The van der Waals surface area contributed by atoms with E-state index in [1.54, 1.807) is 19.1 Å². The van der Waals surface area contributed by atoms with Crippen LogP contribution >= 0.6 is 0 Å². The van der Waals surface area contributed by atoms with Crippen molar-refractivity contribution in [3.05, 3.63) is 53.1 Å². The second kappa shape index (κ2) is 10.7. The Labute approximate surface area is 189 Å². The molecule has 4 amide bonds. The molecule has 0 aliphatic carbocycles. The van der Waals surface area contributed by atoms with Gasteiger partial charge in [0.2, 0.25) is 0 Å². The molecule has 3 N–H and O–H groups in total. The van der Waals surface area contributed by atoms with Gasteiger partial charge in [-0.2, -0.15) is 0 Å². The molecule has 2 aromatic carbocycles. The van der Waals surface area contributed by atoms with E-state index >= 15 is 0 Å². The maximum absolute atomic E-state index is 12.9. The van der Waals surface area contributed by atoms with Gasteiger partial charge in [0, 0.05) is 25.3 Å². The largest absolute Gasteiger partial charge is 0.493 e. The summed E-state index contributed by atoms with van der Waals surface area (Å²) in [5.41, 5.74) is 3.85. The molecule has 0 aromatic heterocycles. The summed E-state index contributed by atoms with van der Waals surface area (Å²) in [5.74, 6) is 1.25. The van der Waals surface area contributed by atoms with Crippen LogP contribution in [-0.4, -0.2) is 50.8 Å². The van der Waals surface area contributed by atoms with Gasteiger partial charge in [-0.3, -0.25) is 0 Å². The SMILES string of the molecule is CCCNC(=O)N1CCc2cc(OC)c(OC)cc2C1CNC(=O)Nc1ccc(C)cc1. The maximum Gasteiger partial charge on any atom is 0.319 e. The number of anilines is 1. The minimum Gasteiger partial charge on any atom is -0.493 e. The second-order valence-corrected chi connectivity index (χ2v) is 7.80. The van der Waals surface area contributed by atoms with Crippen molar-refractivity contribution in [2.75, 3.05) is 39.2 Å². The molecule has 8 nitrogen and oxygen atoms in total. The molecule has 1 heterocycles. The highest BCUT2D eigenvalue weighted by molar-refractivity contribution is 5.89. The average Bonchev–Trinajstić information content (AvgIpc) is 2.81. The van der Waals surface area contributed by atoms with Crippen LogP contribution in [0.2, 0.25) is 0 Å². The van der Waals surface area contributed by atoms with Crippen molar-refractivity contribution < 1.29 is 19.1 Å². The molecule has 0 bridgehead atoms. The summed E-state index contributed by atoms with van der Waals surface area (Å²) in [5, 5.41) is 8.71. The average molecular weight is 441 g/mol. The van der Waals surface area contributed by atoms with E-state index in [-0.39, 0.29) is 24.6 Å². The molecule has 1 unspecified atom stereocenters. The van der Waals surface area contributed by atoms with Crippen molar-refractivity contribution in [3.8, 4) is 11.5 Å². The number of methoxy groups -OCH3 is 2. The molecule has 0 fully saturated rings. The Morgan fingerprint density at radius 1 is 1.06 bits per heavy atom. The fourth-order valence-electron chi connectivity index (χ4n) is 3.83. The number of nitrogens with zero attached hydrogens (tertiary/aromatic N) is 1. The molecule has 0 radical (unpaired) electrons. The van der Waals surface area contributed by atoms with Gasteiger partial charge in [0.1, 0.15) is 0 Å². The number of ether oxygens (including phenoxy) is 2. The lowest BCUT2D eigenvalue weighted by atomic mass is 9.92. The highest BCUT2D eigenvalue weighted by atomic mass is 16.5. The van der Waals surface area contributed by atoms with Gasteiger partial charge in [-0.1, -0.05) is 24.6 Å². The number of aryl methyl sites for hydroxylation is 1. The molecule has 0 spiro atoms. The Morgan fingerprint density at radius 3 is 2.41 bits per heavy atom. The smallest absolute Gasteiger partial charge is 0.319 e. The first-order valence-electron chi connectivity index (χ1n) is 10.9. The molecular weight excluding hydrogens is 408 g/mol. The molecule has 2 aromatic rings. The first-order valence-corrected chi connectivity index (χ1v) is 10.9. The molecular formula is C24H32N4O4. The van der Waals surface area contributed by atoms with Gasteiger partial charge in [0.05, 0.1) is 20.3 Å². The number of hydrogen-bond donors (Lipinski definition) is 3. The third-order valence-electron chi connectivity index (χ3n) is 5.56. The third kappa shape index (κ3) is 5.43. The summed E-state index contributed by atoms with van der Waals surface area (Å²) in [6.07, 6.45) is 1.55. The monoisotopic (exact) mass is 440 g/mol. The van der Waals surface area contributed by atoms with Crippen LogP contribution in [0, 0.1) is 6.92 Å². The van der Waals surface area contributed by atoms with Crippen LogP contribution in [0.5, 0.6) is 11.5 Å². The summed E-state index contributed by atoms with van der Waals surface area (Å²) in [6, 6.07) is 10.6. The summed E-state index contributed by atoms with van der Waals surface area (Å²) < 4.78 is 10.9. The molecule has 1 aliphatic heterocycles. The standard InChI is InChI=1S/C24H32N4O4/c1-5-11-25-24(30)28-12-10-17-13-21(31-3)22(32-4)14-19(17)20(28)15-26-23(29)27-18-8-6-16(2)7-9-18/h6-9,13-14,20H,5,10-12,15H2,1-4H3,(H,25,30)(H2,26,27,29). The van der Waals surface area contributed by atoms with Gasteiger partial charge in [0.25, 0.3) is 0 Å². The summed E-state index contributed by atoms with van der Waals surface area (Å²) in [7, 11) is 3.19. The van der Waals surface area contributed by atoms with Crippen LogP contribution in [0.4, 0.5) is 15.3 Å². The molecule has 32 heavy (non-hydrogen) atoms. The highest BCUT2D eigenvalue weighted by Gasteiger charge is 2.32. The number of nitrogens with one attached hydrogen (secondary N) is 3. The lowest BCUT2D eigenvalue weighted by Gasteiger charge is -2.37. The first-order chi connectivity index (χ1) is 15.5. The lowest BCUT2D eigenvalue weighted by Crippen LogP contribution is -2.49. The summed E-state index contributed by atoms with van der Waals surface area (Å²) in [6.45, 7) is 5.41. The van der Waals surface area contributed by atoms with E-state index in [0.29, 0.717) is 36.7 Å². The molecule has 3 rings (SSSR count). The number of benzene rings is 2. The summed E-state index contributed by atoms with van der Waals surface area (Å²) >= 11 is 0. The van der Waals surface area contributed by atoms with Gasteiger partial charge in [-0.05, 0) is 55.2 Å². The van der Waals surface area contributed by atoms with Gasteiger partial charge >= 0.3 is 12.1 Å². The van der Waals surface area contributed by atoms with E-state index in [4.69, 9.17) is 9.47 Å². The number of amides is 4. The summed E-state index contributed by atoms with van der Waals surface area (Å²) in [4.78, 5) is 27.2. The zero-order valence-corrected chi connectivity index (χ0v) is 19.2. The minimum atomic E-state index is -0.334. The van der Waals surface area contributed by atoms with Crippen LogP contribution < -0.4 is 25.4 Å². The van der Waals surface area contributed by atoms with Gasteiger partial charge in [0.15, 0.2) is 11.5 Å². The first kappa shape index (κ1) is 23.2. The van der Waals surface area contributed by atoms with Crippen LogP contribution in [0.1, 0.15) is 36.1 Å². The van der Waals surface area contributed by atoms with Gasteiger partial charge < -0.3 is 30.3 Å². The zero-order valence-electron chi connectivity index (χ0n) is 19.2. The number of urea groups is 2. The minimum absolute atomic E-state index is 0.141. The number of hydrogen-bond acceptors (Lipinski definition) is 4.